The third kappa shape index (κ3) is 2.93. The topological polar surface area (TPSA) is 52.7 Å². The van der Waals surface area contributed by atoms with Crippen LogP contribution in [0.3, 0.4) is 0 Å². The van der Waals surface area contributed by atoms with Gasteiger partial charge in [-0.15, -0.1) is 0 Å². The maximum absolute atomic E-state index is 13.5. The van der Waals surface area contributed by atoms with Crippen LogP contribution >= 0.6 is 11.8 Å². The molecule has 140 valence electrons. The SMILES string of the molecule is CCNC(=O)CN1C(=O)C2(CCN(C3CCSCC3)C2)c2ccccc21. The van der Waals surface area contributed by atoms with E-state index in [2.05, 4.69) is 16.3 Å². The van der Waals surface area contributed by atoms with E-state index < -0.39 is 5.41 Å². The monoisotopic (exact) mass is 373 g/mol. The summed E-state index contributed by atoms with van der Waals surface area (Å²) in [6.45, 7) is 4.37. The van der Waals surface area contributed by atoms with Crippen molar-refractivity contribution < 1.29 is 9.59 Å². The minimum absolute atomic E-state index is 0.0909. The number of anilines is 1. The molecule has 1 unspecified atom stereocenters. The highest BCUT2D eigenvalue weighted by Crippen LogP contribution is 2.48. The summed E-state index contributed by atoms with van der Waals surface area (Å²) < 4.78 is 0. The first kappa shape index (κ1) is 17.9. The first-order chi connectivity index (χ1) is 12.7. The molecule has 2 saturated heterocycles. The van der Waals surface area contributed by atoms with Gasteiger partial charge in [0.1, 0.15) is 6.54 Å². The zero-order valence-corrected chi connectivity index (χ0v) is 16.2. The smallest absolute Gasteiger partial charge is 0.240 e. The van der Waals surface area contributed by atoms with Crippen LogP contribution in [0.2, 0.25) is 0 Å². The number of fused-ring (bicyclic) bond motifs is 2. The minimum atomic E-state index is -0.465. The molecule has 2 amide bonds. The van der Waals surface area contributed by atoms with Crippen molar-refractivity contribution >= 4 is 29.3 Å². The van der Waals surface area contributed by atoms with Crippen molar-refractivity contribution in [1.29, 1.82) is 0 Å². The van der Waals surface area contributed by atoms with E-state index in [1.165, 1.54) is 24.3 Å². The van der Waals surface area contributed by atoms with Gasteiger partial charge < -0.3 is 10.2 Å². The number of carbonyl (C=O) groups is 2. The molecule has 0 radical (unpaired) electrons. The number of carbonyl (C=O) groups excluding carboxylic acids is 2. The van der Waals surface area contributed by atoms with Crippen LogP contribution in [-0.2, 0) is 15.0 Å². The van der Waals surface area contributed by atoms with Crippen molar-refractivity contribution in [1.82, 2.24) is 10.2 Å². The molecule has 2 fully saturated rings. The zero-order valence-electron chi connectivity index (χ0n) is 15.4. The lowest BCUT2D eigenvalue weighted by Crippen LogP contribution is -2.47. The van der Waals surface area contributed by atoms with Gasteiger partial charge in [0.25, 0.3) is 0 Å². The number of likely N-dealkylation sites (N-methyl/N-ethyl adjacent to an activating group) is 1. The van der Waals surface area contributed by atoms with Gasteiger partial charge in [-0.3, -0.25) is 14.5 Å². The van der Waals surface area contributed by atoms with E-state index in [1.807, 2.05) is 36.9 Å². The number of thioether (sulfide) groups is 1. The van der Waals surface area contributed by atoms with Crippen molar-refractivity contribution in [2.75, 3.05) is 42.6 Å². The average molecular weight is 374 g/mol. The molecule has 3 heterocycles. The summed E-state index contributed by atoms with van der Waals surface area (Å²) in [5.41, 5.74) is 1.57. The lowest BCUT2D eigenvalue weighted by atomic mass is 9.81. The Morgan fingerprint density at radius 1 is 1.31 bits per heavy atom. The molecule has 5 nitrogen and oxygen atoms in total. The van der Waals surface area contributed by atoms with E-state index in [0.29, 0.717) is 12.6 Å². The minimum Gasteiger partial charge on any atom is -0.355 e. The van der Waals surface area contributed by atoms with Crippen LogP contribution in [0.1, 0.15) is 31.7 Å². The molecule has 4 rings (SSSR count). The maximum atomic E-state index is 13.5. The van der Waals surface area contributed by atoms with E-state index >= 15 is 0 Å². The molecule has 1 aromatic rings. The quantitative estimate of drug-likeness (QED) is 0.877. The summed E-state index contributed by atoms with van der Waals surface area (Å²) in [5.74, 6) is 2.47. The Morgan fingerprint density at radius 3 is 2.85 bits per heavy atom. The molecule has 0 aliphatic carbocycles. The average Bonchev–Trinajstić information content (AvgIpc) is 3.21. The first-order valence-corrected chi connectivity index (χ1v) is 10.8. The van der Waals surface area contributed by atoms with Crippen molar-refractivity contribution in [2.45, 2.75) is 37.6 Å². The fourth-order valence-electron chi connectivity index (χ4n) is 4.75. The molecular formula is C20H27N3O2S. The summed E-state index contributed by atoms with van der Waals surface area (Å²) in [6.07, 6.45) is 3.30. The Balaban J connectivity index is 1.60. The molecule has 6 heteroatoms. The van der Waals surface area contributed by atoms with Crippen molar-refractivity contribution in [2.24, 2.45) is 0 Å². The highest BCUT2D eigenvalue weighted by molar-refractivity contribution is 7.99. The van der Waals surface area contributed by atoms with Gasteiger partial charge >= 0.3 is 0 Å². The third-order valence-electron chi connectivity index (χ3n) is 6.05. The van der Waals surface area contributed by atoms with Gasteiger partial charge in [0.2, 0.25) is 11.8 Å². The van der Waals surface area contributed by atoms with Crippen LogP contribution in [-0.4, -0.2) is 60.4 Å². The Kier molecular flexibility index (Phi) is 4.97. The lowest BCUT2D eigenvalue weighted by Gasteiger charge is -2.32. The van der Waals surface area contributed by atoms with Crippen LogP contribution in [0, 0.1) is 0 Å². The second kappa shape index (κ2) is 7.24. The van der Waals surface area contributed by atoms with Gasteiger partial charge in [0, 0.05) is 24.8 Å². The van der Waals surface area contributed by atoms with Crippen molar-refractivity contribution in [3.63, 3.8) is 0 Å². The lowest BCUT2D eigenvalue weighted by molar-refractivity contribution is -0.126. The predicted octanol–water partition coefficient (Wildman–Crippen LogP) is 2.01. The molecule has 3 aliphatic rings. The number of nitrogens with one attached hydrogen (secondary N) is 1. The summed E-state index contributed by atoms with van der Waals surface area (Å²) in [6, 6.07) is 8.66. The summed E-state index contributed by atoms with van der Waals surface area (Å²) in [4.78, 5) is 29.9. The zero-order chi connectivity index (χ0) is 18.1. The highest BCUT2D eigenvalue weighted by Gasteiger charge is 2.55. The van der Waals surface area contributed by atoms with Crippen molar-refractivity contribution in [3.8, 4) is 0 Å². The van der Waals surface area contributed by atoms with Crippen LogP contribution in [0.4, 0.5) is 5.69 Å². The number of benzene rings is 1. The fraction of sp³-hybridized carbons (Fsp3) is 0.600. The highest BCUT2D eigenvalue weighted by atomic mass is 32.2. The van der Waals surface area contributed by atoms with E-state index in [4.69, 9.17) is 0 Å². The second-order valence-electron chi connectivity index (χ2n) is 7.51. The second-order valence-corrected chi connectivity index (χ2v) is 8.73. The van der Waals surface area contributed by atoms with E-state index in [-0.39, 0.29) is 18.4 Å². The fourth-order valence-corrected chi connectivity index (χ4v) is 5.83. The Hall–Kier alpha value is -1.53. The molecule has 1 atom stereocenters. The molecule has 0 aromatic heterocycles. The summed E-state index contributed by atoms with van der Waals surface area (Å²) in [5, 5.41) is 2.82. The number of hydrogen-bond acceptors (Lipinski definition) is 4. The van der Waals surface area contributed by atoms with E-state index in [0.717, 1.165) is 30.8 Å². The molecule has 3 aliphatic heterocycles. The van der Waals surface area contributed by atoms with Crippen LogP contribution in [0.15, 0.2) is 24.3 Å². The maximum Gasteiger partial charge on any atom is 0.240 e. The first-order valence-electron chi connectivity index (χ1n) is 9.65. The molecule has 0 bridgehead atoms. The molecule has 0 saturated carbocycles. The Morgan fingerprint density at radius 2 is 2.08 bits per heavy atom. The molecule has 1 aromatic carbocycles. The van der Waals surface area contributed by atoms with Crippen molar-refractivity contribution in [3.05, 3.63) is 29.8 Å². The van der Waals surface area contributed by atoms with Gasteiger partial charge in [0.15, 0.2) is 0 Å². The number of para-hydroxylation sites is 1. The number of rotatable bonds is 4. The summed E-state index contributed by atoms with van der Waals surface area (Å²) in [7, 11) is 0. The number of amides is 2. The number of hydrogen-bond donors (Lipinski definition) is 1. The largest absolute Gasteiger partial charge is 0.355 e. The number of nitrogens with zero attached hydrogens (tertiary/aromatic N) is 2. The standard InChI is InChI=1S/C20H27N3O2S/c1-2-21-18(24)13-23-17-6-4-3-5-16(17)20(19(23)25)9-10-22(14-20)15-7-11-26-12-8-15/h3-6,15H,2,7-14H2,1H3,(H,21,24). The molecule has 26 heavy (non-hydrogen) atoms. The normalized spacial score (nSPS) is 26.5. The predicted molar refractivity (Wildman–Crippen MR) is 106 cm³/mol. The van der Waals surface area contributed by atoms with Gasteiger partial charge in [-0.25, -0.2) is 0 Å². The summed E-state index contributed by atoms with van der Waals surface area (Å²) >= 11 is 2.04. The van der Waals surface area contributed by atoms with Crippen LogP contribution in [0.5, 0.6) is 0 Å². The van der Waals surface area contributed by atoms with Gasteiger partial charge in [-0.2, -0.15) is 11.8 Å². The molecule has 1 spiro atoms. The third-order valence-corrected chi connectivity index (χ3v) is 7.10. The Bertz CT molecular complexity index is 704. The Labute approximate surface area is 159 Å². The number of likely N-dealkylation sites (tertiary alicyclic amines) is 1. The van der Waals surface area contributed by atoms with Crippen LogP contribution in [0.25, 0.3) is 0 Å². The molecule has 1 N–H and O–H groups in total. The van der Waals surface area contributed by atoms with E-state index in [9.17, 15) is 9.59 Å². The van der Waals surface area contributed by atoms with Gasteiger partial charge in [-0.05, 0) is 55.9 Å². The van der Waals surface area contributed by atoms with Gasteiger partial charge in [0.05, 0.1) is 5.41 Å². The van der Waals surface area contributed by atoms with Gasteiger partial charge in [-0.1, -0.05) is 18.2 Å². The van der Waals surface area contributed by atoms with E-state index in [1.54, 1.807) is 4.90 Å². The molecular weight excluding hydrogens is 346 g/mol. The van der Waals surface area contributed by atoms with Crippen LogP contribution < -0.4 is 10.2 Å².